The molecule has 1 atom stereocenters. The van der Waals surface area contributed by atoms with Crippen LogP contribution in [0, 0.1) is 5.82 Å². The summed E-state index contributed by atoms with van der Waals surface area (Å²) in [6, 6.07) is 2.25. The number of carbonyl (C=O) groups is 1. The van der Waals surface area contributed by atoms with Crippen molar-refractivity contribution in [3.05, 3.63) is 47.5 Å². The van der Waals surface area contributed by atoms with E-state index in [2.05, 4.69) is 4.72 Å². The van der Waals surface area contributed by atoms with Gasteiger partial charge in [0.25, 0.3) is 12.3 Å². The number of sulfonamides is 1. The number of aromatic nitrogens is 1. The molecule has 2 N–H and O–H groups in total. The van der Waals surface area contributed by atoms with Crippen LogP contribution in [0.1, 0.15) is 42.7 Å². The summed E-state index contributed by atoms with van der Waals surface area (Å²) in [6.07, 6.45) is -6.38. The van der Waals surface area contributed by atoms with Gasteiger partial charge in [-0.25, -0.2) is 35.1 Å². The van der Waals surface area contributed by atoms with Gasteiger partial charge in [0.15, 0.2) is 0 Å². The number of hydrogen-bond donors (Lipinski definition) is 2. The molecule has 1 amide bonds. The number of amides is 1. The number of benzene rings is 1. The summed E-state index contributed by atoms with van der Waals surface area (Å²) in [6.45, 7) is 1.44. The fourth-order valence-corrected chi connectivity index (χ4v) is 4.01. The highest BCUT2D eigenvalue weighted by atomic mass is 32.2. The molecule has 184 valence electrons. The van der Waals surface area contributed by atoms with E-state index in [1.807, 2.05) is 5.32 Å². The van der Waals surface area contributed by atoms with Crippen LogP contribution in [0.25, 0.3) is 0 Å². The van der Waals surface area contributed by atoms with Gasteiger partial charge in [-0.3, -0.25) is 4.79 Å². The number of alkyl halides is 6. The van der Waals surface area contributed by atoms with Crippen LogP contribution >= 0.6 is 0 Å². The van der Waals surface area contributed by atoms with Crippen molar-refractivity contribution in [1.82, 2.24) is 9.29 Å². The van der Waals surface area contributed by atoms with E-state index in [0.29, 0.717) is 35.4 Å². The van der Waals surface area contributed by atoms with Crippen molar-refractivity contribution in [3.63, 3.8) is 0 Å². The number of anilines is 1. The average molecular weight is 503 g/mol. The Kier molecular flexibility index (Phi) is 8.17. The minimum Gasteiger partial charge on any atom is -0.336 e. The second-order valence-corrected chi connectivity index (χ2v) is 8.89. The Morgan fingerprint density at radius 2 is 1.79 bits per heavy atom. The molecule has 0 radical (unpaired) electrons. The van der Waals surface area contributed by atoms with Gasteiger partial charge < -0.3 is 9.88 Å². The lowest BCUT2D eigenvalue weighted by Crippen LogP contribution is -2.33. The number of halogens is 7. The second-order valence-electron chi connectivity index (χ2n) is 7.17. The highest BCUT2D eigenvalue weighted by Crippen LogP contribution is 2.28. The van der Waals surface area contributed by atoms with E-state index < -0.39 is 69.3 Å². The first kappa shape index (κ1) is 26.6. The molecule has 0 aliphatic heterocycles. The lowest BCUT2D eigenvalue weighted by atomic mass is 10.2. The molecule has 6 nitrogen and oxygen atoms in total. The van der Waals surface area contributed by atoms with Crippen molar-refractivity contribution in [2.24, 2.45) is 0 Å². The molecule has 0 fully saturated rings. The molecule has 1 heterocycles. The zero-order valence-corrected chi connectivity index (χ0v) is 18.1. The van der Waals surface area contributed by atoms with Crippen molar-refractivity contribution in [2.75, 3.05) is 5.32 Å². The molecule has 2 aromatic rings. The predicted molar refractivity (Wildman–Crippen MR) is 105 cm³/mol. The molecule has 0 saturated carbocycles. The van der Waals surface area contributed by atoms with Crippen molar-refractivity contribution < 1.29 is 43.9 Å². The van der Waals surface area contributed by atoms with Crippen molar-refractivity contribution >= 4 is 21.6 Å². The van der Waals surface area contributed by atoms with Gasteiger partial charge in [0, 0.05) is 17.9 Å². The monoisotopic (exact) mass is 503 g/mol. The summed E-state index contributed by atoms with van der Waals surface area (Å²) in [4.78, 5) is 12.0. The van der Waals surface area contributed by atoms with E-state index in [1.165, 1.54) is 6.92 Å². The predicted octanol–water partition coefficient (Wildman–Crippen LogP) is 4.79. The molecule has 1 aromatic carbocycles. The third-order valence-electron chi connectivity index (χ3n) is 4.57. The summed E-state index contributed by atoms with van der Waals surface area (Å²) in [7, 11) is -4.31. The maximum absolute atomic E-state index is 13.7. The molecule has 0 bridgehead atoms. The van der Waals surface area contributed by atoms with E-state index in [-0.39, 0.29) is 5.69 Å². The van der Waals surface area contributed by atoms with Crippen LogP contribution in [-0.2, 0) is 16.6 Å². The Bertz CT molecular complexity index is 1100. The van der Waals surface area contributed by atoms with Gasteiger partial charge in [-0.1, -0.05) is 6.92 Å². The zero-order valence-electron chi connectivity index (χ0n) is 17.3. The van der Waals surface area contributed by atoms with Crippen LogP contribution in [0.2, 0.25) is 0 Å². The summed E-state index contributed by atoms with van der Waals surface area (Å²) in [5.74, 6) is -7.14. The standard InChI is InChI=1S/C19H20F7N3O3S/c1-3-10(2)28-33(31,32)12-7-15(29(8-12)9-19(25,26)18(23)24)17(30)27-11-4-5-14(20)13(6-11)16(21)22/h4-8,10,16,18,28H,3,9H2,1-2H3,(H,27,30)/t10-/m1/s1. The van der Waals surface area contributed by atoms with Crippen LogP contribution in [0.3, 0.4) is 0 Å². The highest BCUT2D eigenvalue weighted by molar-refractivity contribution is 7.89. The molecule has 1 aromatic heterocycles. The van der Waals surface area contributed by atoms with Crippen molar-refractivity contribution in [1.29, 1.82) is 0 Å². The minimum atomic E-state index is -4.61. The van der Waals surface area contributed by atoms with Gasteiger partial charge in [-0.2, -0.15) is 8.78 Å². The first-order chi connectivity index (χ1) is 15.2. The van der Waals surface area contributed by atoms with E-state index in [1.54, 1.807) is 6.92 Å². The maximum atomic E-state index is 13.7. The molecule has 0 aliphatic carbocycles. The average Bonchev–Trinajstić information content (AvgIpc) is 3.12. The molecule has 0 unspecified atom stereocenters. The molecule has 33 heavy (non-hydrogen) atoms. The zero-order chi connectivity index (χ0) is 25.1. The number of hydrogen-bond acceptors (Lipinski definition) is 3. The lowest BCUT2D eigenvalue weighted by Gasteiger charge is -2.18. The minimum absolute atomic E-state index is 0.324. The van der Waals surface area contributed by atoms with Crippen LogP contribution in [0.5, 0.6) is 0 Å². The highest BCUT2D eigenvalue weighted by Gasteiger charge is 2.42. The van der Waals surface area contributed by atoms with Crippen LogP contribution in [0.15, 0.2) is 35.4 Å². The molecule has 2 rings (SSSR count). The number of nitrogens with zero attached hydrogens (tertiary/aromatic N) is 1. The normalized spacial score (nSPS) is 13.5. The molecular weight excluding hydrogens is 483 g/mol. The largest absolute Gasteiger partial charge is 0.336 e. The second kappa shape index (κ2) is 10.1. The molecule has 0 spiro atoms. The first-order valence-corrected chi connectivity index (χ1v) is 10.9. The Hall–Kier alpha value is -2.61. The SMILES string of the molecule is CC[C@@H](C)NS(=O)(=O)c1cc(C(=O)Nc2ccc(F)c(C(F)F)c2)n(CC(F)(F)C(F)F)c1. The Balaban J connectivity index is 2.47. The molecular formula is C19H20F7N3O3S. The molecule has 0 saturated heterocycles. The van der Waals surface area contributed by atoms with Gasteiger partial charge in [-0.15, -0.1) is 0 Å². The van der Waals surface area contributed by atoms with Gasteiger partial charge in [0.05, 0.1) is 12.1 Å². The van der Waals surface area contributed by atoms with E-state index >= 15 is 0 Å². The van der Waals surface area contributed by atoms with Crippen molar-refractivity contribution in [3.8, 4) is 0 Å². The third kappa shape index (κ3) is 6.47. The Morgan fingerprint density at radius 3 is 2.33 bits per heavy atom. The summed E-state index contributed by atoms with van der Waals surface area (Å²) in [5.41, 5.74) is -2.16. The fraction of sp³-hybridized carbons (Fsp3) is 0.421. The van der Waals surface area contributed by atoms with Crippen LogP contribution in [-0.4, -0.2) is 37.3 Å². The van der Waals surface area contributed by atoms with E-state index in [4.69, 9.17) is 0 Å². The summed E-state index contributed by atoms with van der Waals surface area (Å²) >= 11 is 0. The Morgan fingerprint density at radius 1 is 1.15 bits per heavy atom. The number of rotatable bonds is 10. The van der Waals surface area contributed by atoms with E-state index in [0.717, 1.165) is 6.07 Å². The van der Waals surface area contributed by atoms with Crippen LogP contribution < -0.4 is 10.0 Å². The van der Waals surface area contributed by atoms with Gasteiger partial charge in [0.2, 0.25) is 10.0 Å². The maximum Gasteiger partial charge on any atom is 0.324 e. The van der Waals surface area contributed by atoms with Gasteiger partial charge in [-0.05, 0) is 37.6 Å². The van der Waals surface area contributed by atoms with Gasteiger partial charge >= 0.3 is 12.3 Å². The quantitative estimate of drug-likeness (QED) is 0.458. The number of nitrogens with one attached hydrogen (secondary N) is 2. The first-order valence-electron chi connectivity index (χ1n) is 9.45. The van der Waals surface area contributed by atoms with Crippen LogP contribution in [0.4, 0.5) is 36.4 Å². The molecule has 0 aliphatic rings. The third-order valence-corrected chi connectivity index (χ3v) is 6.13. The molecule has 14 heteroatoms. The number of carbonyl (C=O) groups excluding carboxylic acids is 1. The lowest BCUT2D eigenvalue weighted by molar-refractivity contribution is -0.137. The smallest absolute Gasteiger partial charge is 0.324 e. The topological polar surface area (TPSA) is 80.2 Å². The summed E-state index contributed by atoms with van der Waals surface area (Å²) < 4.78 is 119. The Labute approximate surface area is 184 Å². The van der Waals surface area contributed by atoms with E-state index in [9.17, 15) is 43.9 Å². The van der Waals surface area contributed by atoms with Crippen molar-refractivity contribution in [2.45, 2.75) is 56.5 Å². The fourth-order valence-electron chi connectivity index (χ4n) is 2.65. The summed E-state index contributed by atoms with van der Waals surface area (Å²) in [5, 5.41) is 2.05. The van der Waals surface area contributed by atoms with Gasteiger partial charge in [0.1, 0.15) is 16.4 Å².